The van der Waals surface area contributed by atoms with Gasteiger partial charge in [0.25, 0.3) is 5.91 Å². The molecule has 1 amide bonds. The second-order valence-corrected chi connectivity index (χ2v) is 6.06. The predicted molar refractivity (Wildman–Crippen MR) is 76.0 cm³/mol. The number of rotatable bonds is 8. The molecule has 0 aliphatic rings. The molecular formula is C11H19N5O3S. The Kier molecular flexibility index (Phi) is 6.32. The predicted octanol–water partition coefficient (Wildman–Crippen LogP) is -0.422. The first kappa shape index (κ1) is 16.3. The minimum absolute atomic E-state index is 0.0134. The molecular weight excluding hydrogens is 282 g/mol. The highest BCUT2D eigenvalue weighted by molar-refractivity contribution is 7.89. The molecule has 3 N–H and O–H groups in total. The van der Waals surface area contributed by atoms with Crippen molar-refractivity contribution < 1.29 is 13.2 Å². The molecule has 112 valence electrons. The summed E-state index contributed by atoms with van der Waals surface area (Å²) in [6.07, 6.45) is 0.962. The second kappa shape index (κ2) is 7.75. The number of anilines is 1. The monoisotopic (exact) mass is 301 g/mol. The Morgan fingerprint density at radius 3 is 2.55 bits per heavy atom. The zero-order valence-electron chi connectivity index (χ0n) is 11.5. The molecule has 0 unspecified atom stereocenters. The minimum atomic E-state index is -3.33. The van der Waals surface area contributed by atoms with Gasteiger partial charge in [-0.3, -0.25) is 4.79 Å². The van der Waals surface area contributed by atoms with E-state index < -0.39 is 15.9 Å². The largest absolute Gasteiger partial charge is 0.369 e. The van der Waals surface area contributed by atoms with Crippen LogP contribution in [0.15, 0.2) is 12.1 Å². The lowest BCUT2D eigenvalue weighted by molar-refractivity contribution is 0.0950. The van der Waals surface area contributed by atoms with E-state index in [1.807, 2.05) is 6.92 Å². The smallest absolute Gasteiger partial charge is 0.271 e. The molecule has 0 aliphatic carbocycles. The topological polar surface area (TPSA) is 113 Å². The van der Waals surface area contributed by atoms with E-state index in [0.717, 1.165) is 13.0 Å². The van der Waals surface area contributed by atoms with Crippen LogP contribution in [0.25, 0.3) is 0 Å². The van der Waals surface area contributed by atoms with E-state index in [1.54, 1.807) is 6.07 Å². The van der Waals surface area contributed by atoms with Crippen molar-refractivity contribution in [2.24, 2.45) is 0 Å². The van der Waals surface area contributed by atoms with Gasteiger partial charge in [0.1, 0.15) is 5.82 Å². The number of carbonyl (C=O) groups excluding carboxylic acids is 1. The molecule has 1 aromatic rings. The molecule has 1 heterocycles. The maximum Gasteiger partial charge on any atom is 0.271 e. The van der Waals surface area contributed by atoms with Crippen molar-refractivity contribution in [1.29, 1.82) is 0 Å². The Hall–Kier alpha value is -1.74. The van der Waals surface area contributed by atoms with Crippen molar-refractivity contribution in [2.45, 2.75) is 13.3 Å². The zero-order valence-corrected chi connectivity index (χ0v) is 12.3. The van der Waals surface area contributed by atoms with Gasteiger partial charge in [-0.15, -0.1) is 10.2 Å². The molecule has 1 rings (SSSR count). The van der Waals surface area contributed by atoms with Crippen LogP contribution in [0.5, 0.6) is 0 Å². The van der Waals surface area contributed by atoms with Crippen LogP contribution in [0.2, 0.25) is 0 Å². The van der Waals surface area contributed by atoms with E-state index in [0.29, 0.717) is 5.82 Å². The van der Waals surface area contributed by atoms with Gasteiger partial charge in [0.05, 0.1) is 5.75 Å². The Bertz CT molecular complexity index is 529. The van der Waals surface area contributed by atoms with E-state index in [1.165, 1.54) is 13.1 Å². The molecule has 1 aromatic heterocycles. The van der Waals surface area contributed by atoms with E-state index in [4.69, 9.17) is 0 Å². The molecule has 0 saturated heterocycles. The van der Waals surface area contributed by atoms with E-state index in [-0.39, 0.29) is 18.0 Å². The van der Waals surface area contributed by atoms with Crippen molar-refractivity contribution in [2.75, 3.05) is 31.2 Å². The summed E-state index contributed by atoms with van der Waals surface area (Å²) in [5, 5.41) is 13.1. The fourth-order valence-electron chi connectivity index (χ4n) is 1.29. The molecule has 0 atom stereocenters. The van der Waals surface area contributed by atoms with Gasteiger partial charge in [0, 0.05) is 13.1 Å². The van der Waals surface area contributed by atoms with Crippen LogP contribution in [0, 0.1) is 0 Å². The number of aromatic nitrogens is 2. The molecule has 0 radical (unpaired) electrons. The van der Waals surface area contributed by atoms with Gasteiger partial charge in [0.2, 0.25) is 10.0 Å². The van der Waals surface area contributed by atoms with Gasteiger partial charge >= 0.3 is 0 Å². The summed E-state index contributed by atoms with van der Waals surface area (Å²) >= 11 is 0. The zero-order chi connectivity index (χ0) is 15.0. The van der Waals surface area contributed by atoms with E-state index in [9.17, 15) is 13.2 Å². The first-order chi connectivity index (χ1) is 9.48. The lowest BCUT2D eigenvalue weighted by Gasteiger charge is -2.06. The van der Waals surface area contributed by atoms with Crippen molar-refractivity contribution >= 4 is 21.7 Å². The molecule has 0 fully saturated rings. The highest BCUT2D eigenvalue weighted by Crippen LogP contribution is 2.01. The normalized spacial score (nSPS) is 11.1. The number of carbonyl (C=O) groups is 1. The average Bonchev–Trinajstić information content (AvgIpc) is 2.45. The van der Waals surface area contributed by atoms with Gasteiger partial charge in [-0.05, 0) is 25.6 Å². The van der Waals surface area contributed by atoms with Crippen LogP contribution in [0.4, 0.5) is 5.82 Å². The molecule has 0 saturated carbocycles. The van der Waals surface area contributed by atoms with Crippen LogP contribution in [-0.4, -0.2) is 50.4 Å². The SMILES string of the molecule is CCCNc1ccc(C(=O)NCCS(=O)(=O)NC)nn1. The van der Waals surface area contributed by atoms with Crippen molar-refractivity contribution in [3.63, 3.8) is 0 Å². The van der Waals surface area contributed by atoms with Crippen molar-refractivity contribution in [3.8, 4) is 0 Å². The summed E-state index contributed by atoms with van der Waals surface area (Å²) < 4.78 is 24.5. The Labute approximate surface area is 118 Å². The summed E-state index contributed by atoms with van der Waals surface area (Å²) in [7, 11) is -2.00. The molecule has 9 heteroatoms. The second-order valence-electron chi connectivity index (χ2n) is 4.01. The first-order valence-electron chi connectivity index (χ1n) is 6.25. The number of sulfonamides is 1. The maximum absolute atomic E-state index is 11.7. The highest BCUT2D eigenvalue weighted by atomic mass is 32.2. The average molecular weight is 301 g/mol. The number of nitrogens with one attached hydrogen (secondary N) is 3. The number of hydrogen-bond acceptors (Lipinski definition) is 6. The van der Waals surface area contributed by atoms with Crippen LogP contribution in [-0.2, 0) is 10.0 Å². The molecule has 20 heavy (non-hydrogen) atoms. The summed E-state index contributed by atoms with van der Waals surface area (Å²) in [6.45, 7) is 2.82. The van der Waals surface area contributed by atoms with Gasteiger partial charge in [-0.2, -0.15) is 0 Å². The third-order valence-electron chi connectivity index (χ3n) is 2.42. The Morgan fingerprint density at radius 2 is 2.00 bits per heavy atom. The van der Waals surface area contributed by atoms with Gasteiger partial charge in [0.15, 0.2) is 5.69 Å². The standard InChI is InChI=1S/C11H19N5O3S/c1-3-6-13-10-5-4-9(15-16-10)11(17)14-7-8-20(18,19)12-2/h4-5,12H,3,6-8H2,1-2H3,(H,13,16)(H,14,17). The van der Waals surface area contributed by atoms with E-state index in [2.05, 4.69) is 25.6 Å². The molecule has 0 aromatic carbocycles. The lowest BCUT2D eigenvalue weighted by atomic mass is 10.3. The quantitative estimate of drug-likeness (QED) is 0.601. The van der Waals surface area contributed by atoms with Crippen molar-refractivity contribution in [1.82, 2.24) is 20.2 Å². The van der Waals surface area contributed by atoms with Crippen LogP contribution >= 0.6 is 0 Å². The third kappa shape index (κ3) is 5.49. The maximum atomic E-state index is 11.7. The third-order valence-corrected chi connectivity index (χ3v) is 3.78. The number of hydrogen-bond donors (Lipinski definition) is 3. The van der Waals surface area contributed by atoms with Gasteiger partial charge < -0.3 is 10.6 Å². The summed E-state index contributed by atoms with van der Waals surface area (Å²) in [6, 6.07) is 3.19. The number of amides is 1. The van der Waals surface area contributed by atoms with Crippen LogP contribution < -0.4 is 15.4 Å². The molecule has 8 nitrogen and oxygen atoms in total. The molecule has 0 aliphatic heterocycles. The van der Waals surface area contributed by atoms with Crippen molar-refractivity contribution in [3.05, 3.63) is 17.8 Å². The summed E-state index contributed by atoms with van der Waals surface area (Å²) in [5.74, 6) is -0.0364. The highest BCUT2D eigenvalue weighted by Gasteiger charge is 2.10. The van der Waals surface area contributed by atoms with E-state index >= 15 is 0 Å². The first-order valence-corrected chi connectivity index (χ1v) is 7.90. The minimum Gasteiger partial charge on any atom is -0.369 e. The van der Waals surface area contributed by atoms with Crippen LogP contribution in [0.3, 0.4) is 0 Å². The fraction of sp³-hybridized carbons (Fsp3) is 0.545. The summed E-state index contributed by atoms with van der Waals surface area (Å²) in [5.41, 5.74) is 0.147. The van der Waals surface area contributed by atoms with Gasteiger partial charge in [-0.25, -0.2) is 13.1 Å². The number of nitrogens with zero attached hydrogens (tertiary/aromatic N) is 2. The molecule has 0 spiro atoms. The summed E-state index contributed by atoms with van der Waals surface area (Å²) in [4.78, 5) is 11.7. The molecule has 0 bridgehead atoms. The van der Waals surface area contributed by atoms with Gasteiger partial charge in [-0.1, -0.05) is 6.92 Å². The lowest BCUT2D eigenvalue weighted by Crippen LogP contribution is -2.33. The van der Waals surface area contributed by atoms with Crippen LogP contribution in [0.1, 0.15) is 23.8 Å². The Morgan fingerprint density at radius 1 is 1.25 bits per heavy atom. The Balaban J connectivity index is 2.47. The fourth-order valence-corrected chi connectivity index (χ4v) is 1.87.